The molecule has 0 saturated carbocycles. The molecule has 12 nitrogen and oxygen atoms in total. The van der Waals surface area contributed by atoms with Gasteiger partial charge in [-0.25, -0.2) is 22.9 Å². The quantitative estimate of drug-likeness (QED) is 0.251. The maximum atomic E-state index is 16.9. The van der Waals surface area contributed by atoms with Gasteiger partial charge in [0.25, 0.3) is 0 Å². The summed E-state index contributed by atoms with van der Waals surface area (Å²) in [5.74, 6) is -1.34. The van der Waals surface area contributed by atoms with Crippen molar-refractivity contribution >= 4 is 49.2 Å². The highest BCUT2D eigenvalue weighted by molar-refractivity contribution is 7.23. The summed E-state index contributed by atoms with van der Waals surface area (Å²) in [7, 11) is 0. The highest BCUT2D eigenvalue weighted by atomic mass is 32.1. The van der Waals surface area contributed by atoms with E-state index in [1.165, 1.54) is 6.07 Å². The number of carbonyl (C=O) groups excluding carboxylic acids is 1. The van der Waals surface area contributed by atoms with E-state index >= 15 is 8.78 Å². The van der Waals surface area contributed by atoms with Gasteiger partial charge in [0.2, 0.25) is 5.88 Å². The number of β-amino-alcohol motifs (C(OH)–C–C–N with tert-alkyl or cyclic N) is 1. The predicted octanol–water partition coefficient (Wildman–Crippen LogP) is 5.55. The van der Waals surface area contributed by atoms with Gasteiger partial charge in [-0.15, -0.1) is 11.3 Å². The number of fused-ring (bicyclic) bond motifs is 2. The smallest absolute Gasteiger partial charge is 0.412 e. The Hall–Kier alpha value is -4.46. The zero-order valence-electron chi connectivity index (χ0n) is 27.1. The number of thiophene rings is 1. The Labute approximate surface area is 283 Å². The Morgan fingerprint density at radius 1 is 1.24 bits per heavy atom. The number of halogens is 3. The number of rotatable bonds is 7. The Balaban J connectivity index is 1.37. The second-order valence-electron chi connectivity index (χ2n) is 13.4. The van der Waals surface area contributed by atoms with Gasteiger partial charge >= 0.3 is 12.1 Å². The first kappa shape index (κ1) is 33.1. The molecular formula is C33H34F3N7O5S. The molecule has 0 bridgehead atoms. The molecule has 6 heterocycles. The molecule has 3 aliphatic rings. The van der Waals surface area contributed by atoms with Crippen molar-refractivity contribution in [2.45, 2.75) is 57.3 Å². The Morgan fingerprint density at radius 3 is 2.82 bits per heavy atom. The zero-order chi connectivity index (χ0) is 34.7. The molecular weight excluding hydrogens is 663 g/mol. The standard InChI is InChI=1S/C33H34F3N7O5S/c1-32(2,3)48-31(45)41-29-19(14-37)21-18(5-6-20(35)26(21)49-29)24-23(36)25-22-27(42(9-11-44)10-12-46-28(22)38-24)40-30(39-25)47-16-33-7-4-8-43(33)15-17(34)13-33/h5-6,17,44H,4,7-13,15-16H2,1-3H3,(H,41,45)/t17-,33+/m1/s1. The number of nitrogens with one attached hydrogen (secondary N) is 1. The van der Waals surface area contributed by atoms with E-state index in [1.54, 1.807) is 25.7 Å². The third-order valence-corrected chi connectivity index (χ3v) is 10.1. The number of aromatic nitrogens is 3. The van der Waals surface area contributed by atoms with Gasteiger partial charge < -0.3 is 24.2 Å². The average Bonchev–Trinajstić information content (AvgIpc) is 3.65. The molecule has 2 saturated heterocycles. The van der Waals surface area contributed by atoms with Crippen molar-refractivity contribution in [3.8, 4) is 29.2 Å². The number of anilines is 2. The maximum Gasteiger partial charge on any atom is 0.412 e. The van der Waals surface area contributed by atoms with Gasteiger partial charge in [0.1, 0.15) is 64.3 Å². The molecule has 0 spiro atoms. The number of hydrogen-bond donors (Lipinski definition) is 2. The van der Waals surface area contributed by atoms with E-state index in [-0.39, 0.29) is 93.4 Å². The first-order valence-electron chi connectivity index (χ1n) is 16.0. The highest BCUT2D eigenvalue weighted by Crippen LogP contribution is 2.46. The van der Waals surface area contributed by atoms with Crippen LogP contribution in [0.1, 0.15) is 45.6 Å². The zero-order valence-corrected chi connectivity index (χ0v) is 27.9. The number of aliphatic hydroxyl groups is 1. The van der Waals surface area contributed by atoms with Gasteiger partial charge in [0.05, 0.1) is 29.0 Å². The minimum atomic E-state index is -0.972. The van der Waals surface area contributed by atoms with Crippen molar-refractivity contribution < 1.29 is 37.3 Å². The molecule has 0 unspecified atom stereocenters. The van der Waals surface area contributed by atoms with Gasteiger partial charge in [-0.3, -0.25) is 10.2 Å². The number of amides is 1. The first-order valence-corrected chi connectivity index (χ1v) is 16.8. The second-order valence-corrected chi connectivity index (χ2v) is 14.4. The topological polar surface area (TPSA) is 146 Å². The number of benzene rings is 1. The van der Waals surface area contributed by atoms with Crippen LogP contribution >= 0.6 is 11.3 Å². The SMILES string of the molecule is CC(C)(C)OC(=O)Nc1sc2c(F)ccc(-c3nc4c5c(nc(OC[C@@]67CCCN6C[C@H](F)C7)nc5c3F)N(CCO)CCO4)c2c1C#N. The summed E-state index contributed by atoms with van der Waals surface area (Å²) in [6.45, 7) is 6.56. The normalized spacial score (nSPS) is 20.6. The van der Waals surface area contributed by atoms with E-state index in [0.717, 1.165) is 36.8 Å². The molecule has 2 fully saturated rings. The fourth-order valence-corrected chi connectivity index (χ4v) is 8.05. The van der Waals surface area contributed by atoms with E-state index in [0.29, 0.717) is 13.0 Å². The molecule has 7 rings (SSSR count). The van der Waals surface area contributed by atoms with Gasteiger partial charge in [0, 0.05) is 30.5 Å². The predicted molar refractivity (Wildman–Crippen MR) is 176 cm³/mol. The Morgan fingerprint density at radius 2 is 2.06 bits per heavy atom. The van der Waals surface area contributed by atoms with Crippen molar-refractivity contribution in [2.75, 3.05) is 56.2 Å². The summed E-state index contributed by atoms with van der Waals surface area (Å²) in [6, 6.07) is 4.32. The van der Waals surface area contributed by atoms with Crippen molar-refractivity contribution in [1.82, 2.24) is 19.9 Å². The summed E-state index contributed by atoms with van der Waals surface area (Å²) >= 11 is 0.811. The lowest BCUT2D eigenvalue weighted by molar-refractivity contribution is 0.0636. The van der Waals surface area contributed by atoms with Crippen LogP contribution in [0.2, 0.25) is 0 Å². The number of nitriles is 1. The molecule has 3 aromatic heterocycles. The van der Waals surface area contributed by atoms with E-state index in [2.05, 4.69) is 25.2 Å². The Kier molecular flexibility index (Phi) is 8.40. The molecule has 4 aromatic rings. The minimum absolute atomic E-state index is 0.00202. The molecule has 2 N–H and O–H groups in total. The monoisotopic (exact) mass is 697 g/mol. The van der Waals surface area contributed by atoms with Crippen LogP contribution < -0.4 is 19.7 Å². The van der Waals surface area contributed by atoms with Gasteiger partial charge in [-0.2, -0.15) is 15.2 Å². The van der Waals surface area contributed by atoms with Crippen LogP contribution in [0.15, 0.2) is 12.1 Å². The summed E-state index contributed by atoms with van der Waals surface area (Å²) in [6.07, 6.45) is 0.157. The van der Waals surface area contributed by atoms with E-state index in [4.69, 9.17) is 14.2 Å². The second kappa shape index (κ2) is 12.5. The lowest BCUT2D eigenvalue weighted by Crippen LogP contribution is -2.43. The molecule has 0 radical (unpaired) electrons. The molecule has 1 amide bonds. The van der Waals surface area contributed by atoms with Crippen molar-refractivity contribution in [3.05, 3.63) is 29.3 Å². The number of carbonyl (C=O) groups is 1. The maximum absolute atomic E-state index is 16.9. The van der Waals surface area contributed by atoms with Crippen LogP contribution in [-0.2, 0) is 4.74 Å². The van der Waals surface area contributed by atoms with Crippen molar-refractivity contribution in [1.29, 1.82) is 5.26 Å². The number of nitrogens with zero attached hydrogens (tertiary/aromatic N) is 6. The van der Waals surface area contributed by atoms with Crippen LogP contribution in [0, 0.1) is 23.0 Å². The largest absolute Gasteiger partial charge is 0.475 e. The van der Waals surface area contributed by atoms with Gasteiger partial charge in [0.15, 0.2) is 5.82 Å². The summed E-state index contributed by atoms with van der Waals surface area (Å²) in [4.78, 5) is 30.0. The highest BCUT2D eigenvalue weighted by Gasteiger charge is 2.49. The molecule has 3 aliphatic heterocycles. The number of pyridine rings is 1. The first-order chi connectivity index (χ1) is 23.4. The number of alkyl halides is 1. The molecule has 1 aromatic carbocycles. The van der Waals surface area contributed by atoms with Crippen LogP contribution in [0.5, 0.6) is 11.9 Å². The minimum Gasteiger partial charge on any atom is -0.475 e. The van der Waals surface area contributed by atoms with Crippen molar-refractivity contribution in [2.24, 2.45) is 0 Å². The van der Waals surface area contributed by atoms with E-state index in [9.17, 15) is 19.6 Å². The number of aliphatic hydroxyl groups excluding tert-OH is 1. The number of ether oxygens (including phenoxy) is 3. The average molecular weight is 698 g/mol. The fraction of sp³-hybridized carbons (Fsp3) is 0.485. The van der Waals surface area contributed by atoms with Crippen LogP contribution in [0.25, 0.3) is 32.2 Å². The fourth-order valence-electron chi connectivity index (χ4n) is 6.98. The molecule has 258 valence electrons. The van der Waals surface area contributed by atoms with Gasteiger partial charge in [-0.1, -0.05) is 0 Å². The summed E-state index contributed by atoms with van der Waals surface area (Å²) < 4.78 is 64.1. The molecule has 49 heavy (non-hydrogen) atoms. The number of hydrogen-bond acceptors (Lipinski definition) is 12. The van der Waals surface area contributed by atoms with Crippen LogP contribution in [-0.4, -0.2) is 94.4 Å². The van der Waals surface area contributed by atoms with Gasteiger partial charge in [-0.05, 0) is 52.3 Å². The van der Waals surface area contributed by atoms with Crippen LogP contribution in [0.4, 0.5) is 28.8 Å². The third kappa shape index (κ3) is 5.93. The Bertz CT molecular complexity index is 2020. The molecule has 16 heteroatoms. The lowest BCUT2D eigenvalue weighted by Gasteiger charge is -2.31. The van der Waals surface area contributed by atoms with Crippen molar-refractivity contribution in [3.63, 3.8) is 0 Å². The van der Waals surface area contributed by atoms with E-state index in [1.807, 2.05) is 6.07 Å². The molecule has 0 aliphatic carbocycles. The van der Waals surface area contributed by atoms with E-state index < -0.39 is 35.0 Å². The molecule has 2 atom stereocenters. The van der Waals surface area contributed by atoms with Crippen LogP contribution in [0.3, 0.4) is 0 Å². The summed E-state index contributed by atoms with van der Waals surface area (Å²) in [5.41, 5.74) is -1.84. The lowest BCUT2D eigenvalue weighted by atomic mass is 9.95. The summed E-state index contributed by atoms with van der Waals surface area (Å²) in [5, 5.41) is 22.8. The third-order valence-electron chi connectivity index (χ3n) is 8.98.